The van der Waals surface area contributed by atoms with Crippen molar-refractivity contribution in [1.29, 1.82) is 0 Å². The number of imidazole rings is 1. The minimum absolute atomic E-state index is 0.0423. The first kappa shape index (κ1) is 48.3. The van der Waals surface area contributed by atoms with Crippen molar-refractivity contribution < 1.29 is 37.5 Å². The zero-order valence-electron chi connectivity index (χ0n) is 41.4. The Morgan fingerprint density at radius 2 is 1.36 bits per heavy atom. The number of carbonyl (C=O) groups excluding carboxylic acids is 1. The molecule has 6 heterocycles. The van der Waals surface area contributed by atoms with Crippen molar-refractivity contribution in [1.82, 2.24) is 24.2 Å². The second-order valence-electron chi connectivity index (χ2n) is 19.6. The monoisotopic (exact) mass is 1020 g/mol. The van der Waals surface area contributed by atoms with Crippen LogP contribution >= 0.6 is 8.53 Å². The van der Waals surface area contributed by atoms with E-state index in [0.29, 0.717) is 16.7 Å². The van der Waals surface area contributed by atoms with Crippen molar-refractivity contribution in [2.24, 2.45) is 0 Å². The van der Waals surface area contributed by atoms with Gasteiger partial charge in [-0.25, -0.2) is 19.6 Å². The van der Waals surface area contributed by atoms with E-state index in [2.05, 4.69) is 94.3 Å². The molecule has 4 aliphatic rings. The summed E-state index contributed by atoms with van der Waals surface area (Å²) in [4.78, 5) is 27.4. The normalized spacial score (nSPS) is 23.5. The summed E-state index contributed by atoms with van der Waals surface area (Å²) in [6, 6.07) is 58.2. The van der Waals surface area contributed by atoms with Gasteiger partial charge in [0.2, 0.25) is 0 Å². The van der Waals surface area contributed by atoms with E-state index in [1.165, 1.54) is 16.7 Å². The van der Waals surface area contributed by atoms with Gasteiger partial charge in [-0.15, -0.1) is 0 Å². The Morgan fingerprint density at radius 1 is 0.770 bits per heavy atom. The van der Waals surface area contributed by atoms with Crippen LogP contribution in [0.3, 0.4) is 0 Å². The summed E-state index contributed by atoms with van der Waals surface area (Å²) in [6.07, 6.45) is 3.04. The van der Waals surface area contributed by atoms with Crippen LogP contribution in [0.2, 0.25) is 12.6 Å². The summed E-state index contributed by atoms with van der Waals surface area (Å²) in [5.41, 5.74) is 1.70. The predicted octanol–water partition coefficient (Wildman–Crippen LogP) is 9.14. The number of rotatable bonds is 17. The number of ether oxygens (including phenoxy) is 5. The zero-order chi connectivity index (χ0) is 50.3. The number of fused-ring (bicyclic) bond motifs is 4. The Labute approximate surface area is 432 Å². The number of benzene rings is 6. The molecule has 2 aromatic heterocycles. The maximum Gasteiger partial charge on any atom is 0.259 e. The molecule has 4 saturated heterocycles. The Balaban J connectivity index is 0.929. The number of carbonyl (C=O) groups is 1. The van der Waals surface area contributed by atoms with Crippen LogP contribution in [0.25, 0.3) is 11.2 Å². The van der Waals surface area contributed by atoms with Crippen LogP contribution in [-0.4, -0.2) is 102 Å². The number of anilines is 1. The molecule has 0 spiro atoms. The third-order valence-corrected chi connectivity index (χ3v) is 21.6. The van der Waals surface area contributed by atoms with Crippen molar-refractivity contribution >= 4 is 49.9 Å². The SMILES string of the molecule is COc1ccc(C(OC[C@@]23CO[C@@H]([C@H](n4cnc5c(NC(=O)c6ccccc6)ncnc54)O2)[C@@H]3O[P@@]2O[C@H](C[Si](C)(c3ccccc3)c3ccccc3)[C@@H]3CCCN32)(c2ccccc2)c2ccc(OC)cc2)cc1. The van der Waals surface area contributed by atoms with E-state index in [0.717, 1.165) is 53.6 Å². The van der Waals surface area contributed by atoms with Gasteiger partial charge in [-0.3, -0.25) is 9.36 Å². The maximum atomic E-state index is 13.4. The minimum atomic E-state index is -2.31. The number of nitrogens with one attached hydrogen (secondary N) is 1. The molecule has 4 fully saturated rings. The maximum absolute atomic E-state index is 13.4. The van der Waals surface area contributed by atoms with Gasteiger partial charge in [0.15, 0.2) is 23.2 Å². The quantitative estimate of drug-likeness (QED) is 0.0529. The van der Waals surface area contributed by atoms with Crippen LogP contribution in [-0.2, 0) is 28.9 Å². The van der Waals surface area contributed by atoms with Crippen molar-refractivity contribution in [3.63, 3.8) is 0 Å². The van der Waals surface area contributed by atoms with Crippen molar-refractivity contribution in [2.75, 3.05) is 39.3 Å². The Kier molecular flexibility index (Phi) is 13.2. The summed E-state index contributed by atoms with van der Waals surface area (Å²) in [6.45, 7) is 3.55. The number of hydrogen-bond donors (Lipinski definition) is 1. The third kappa shape index (κ3) is 8.60. The molecule has 0 saturated carbocycles. The molecule has 14 nitrogen and oxygen atoms in total. The van der Waals surface area contributed by atoms with Crippen LogP contribution in [0.15, 0.2) is 183 Å². The molecule has 376 valence electrons. The van der Waals surface area contributed by atoms with E-state index < -0.39 is 46.2 Å². The predicted molar refractivity (Wildman–Crippen MR) is 286 cm³/mol. The Morgan fingerprint density at radius 3 is 1.99 bits per heavy atom. The Bertz CT molecular complexity index is 3130. The van der Waals surface area contributed by atoms with Gasteiger partial charge in [0.25, 0.3) is 14.4 Å². The second kappa shape index (κ2) is 20.2. The molecular formula is C58H57N6O8PSi. The highest BCUT2D eigenvalue weighted by molar-refractivity contribution is 7.45. The topological polar surface area (TPSA) is 141 Å². The molecule has 74 heavy (non-hydrogen) atoms. The van der Waals surface area contributed by atoms with E-state index in [1.54, 1.807) is 32.7 Å². The number of aromatic nitrogens is 4. The lowest BCUT2D eigenvalue weighted by atomic mass is 9.79. The van der Waals surface area contributed by atoms with Crippen molar-refractivity contribution in [3.05, 3.63) is 205 Å². The summed E-state index contributed by atoms with van der Waals surface area (Å²) in [7, 11) is -0.574. The third-order valence-electron chi connectivity index (χ3n) is 15.4. The van der Waals surface area contributed by atoms with Crippen molar-refractivity contribution in [2.45, 2.75) is 67.2 Å². The molecule has 6 aromatic carbocycles. The van der Waals surface area contributed by atoms with Crippen LogP contribution in [0.5, 0.6) is 11.5 Å². The smallest absolute Gasteiger partial charge is 0.259 e. The minimum Gasteiger partial charge on any atom is -0.497 e. The van der Waals surface area contributed by atoms with E-state index >= 15 is 0 Å². The number of hydrogen-bond acceptors (Lipinski definition) is 12. The van der Waals surface area contributed by atoms with Gasteiger partial charge in [-0.2, -0.15) is 0 Å². The average molecular weight is 1030 g/mol. The van der Waals surface area contributed by atoms with Gasteiger partial charge in [-0.1, -0.05) is 150 Å². The Hall–Kier alpha value is -6.65. The lowest BCUT2D eigenvalue weighted by Gasteiger charge is -2.40. The molecule has 0 radical (unpaired) electrons. The molecule has 7 atom stereocenters. The molecule has 2 bridgehead atoms. The van der Waals surface area contributed by atoms with Crippen LogP contribution in [0, 0.1) is 0 Å². The largest absolute Gasteiger partial charge is 0.497 e. The fourth-order valence-electron chi connectivity index (χ4n) is 11.5. The first-order chi connectivity index (χ1) is 36.3. The summed E-state index contributed by atoms with van der Waals surface area (Å²) in [5, 5.41) is 5.70. The molecule has 1 amide bonds. The standard InChI is InChI=1S/C58H57N6O8PSi/c1-66-44-30-26-42(27-31-44)58(41-19-10-5-11-20-41,43-28-32-45(67-2)33-29-43)69-37-57-36-68-51(56(70-57)63-39-61-50-53(59-38-60-54(50)63)62-55(65)40-17-8-4-9-18-40)52(57)72-73-64-34-16-25-48(64)49(71-73)35-74(3,46-21-12-6-13-22-46)47-23-14-7-15-24-47/h4-15,17-24,26-33,38-39,48-49,51-52,56H,16,25,34-37H2,1-3H3,(H,59,60,62,65)/t48-,49+,51+,52-,56+,57+,73+/m0/s1. The molecule has 1 N–H and O–H groups in total. The molecule has 12 rings (SSSR count). The van der Waals surface area contributed by atoms with Crippen LogP contribution < -0.4 is 25.2 Å². The highest BCUT2D eigenvalue weighted by Gasteiger charge is 2.66. The molecule has 4 aliphatic heterocycles. The fourth-order valence-corrected chi connectivity index (χ4v) is 17.5. The summed E-state index contributed by atoms with van der Waals surface area (Å²) >= 11 is 0. The van der Waals surface area contributed by atoms with E-state index in [9.17, 15) is 4.79 Å². The first-order valence-electron chi connectivity index (χ1n) is 25.1. The lowest BCUT2D eigenvalue weighted by molar-refractivity contribution is -0.201. The number of nitrogens with zero attached hydrogens (tertiary/aromatic N) is 5. The fraction of sp³-hybridized carbons (Fsp3) is 0.276. The zero-order valence-corrected chi connectivity index (χ0v) is 43.3. The molecular weight excluding hydrogens is 968 g/mol. The van der Waals surface area contributed by atoms with Gasteiger partial charge in [0.05, 0.1) is 39.9 Å². The number of amides is 1. The molecule has 8 aromatic rings. The molecule has 16 heteroatoms. The van der Waals surface area contributed by atoms with Gasteiger partial charge in [-0.05, 0) is 72.0 Å². The van der Waals surface area contributed by atoms with Gasteiger partial charge >= 0.3 is 0 Å². The van der Waals surface area contributed by atoms with Crippen molar-refractivity contribution in [3.8, 4) is 11.5 Å². The summed E-state index contributed by atoms with van der Waals surface area (Å²) < 4.78 is 52.5. The second-order valence-corrected chi connectivity index (χ2v) is 25.2. The average Bonchev–Trinajstić information content (AvgIpc) is 4.31. The van der Waals surface area contributed by atoms with Gasteiger partial charge in [0.1, 0.15) is 49.3 Å². The van der Waals surface area contributed by atoms with E-state index in [4.69, 9.17) is 42.7 Å². The highest BCUT2D eigenvalue weighted by atomic mass is 31.2. The van der Waals surface area contributed by atoms with Crippen LogP contribution in [0.1, 0.15) is 46.1 Å². The van der Waals surface area contributed by atoms with Gasteiger partial charge in [0, 0.05) is 18.2 Å². The van der Waals surface area contributed by atoms with Crippen LogP contribution in [0.4, 0.5) is 5.82 Å². The van der Waals surface area contributed by atoms with E-state index in [1.807, 2.05) is 89.5 Å². The molecule has 0 aliphatic carbocycles. The number of methoxy groups -OCH3 is 2. The van der Waals surface area contributed by atoms with E-state index in [-0.39, 0.29) is 37.1 Å². The highest BCUT2D eigenvalue weighted by Crippen LogP contribution is 2.61. The summed E-state index contributed by atoms with van der Waals surface area (Å²) in [5.74, 6) is 1.41. The van der Waals surface area contributed by atoms with Gasteiger partial charge < -0.3 is 38.0 Å². The lowest BCUT2D eigenvalue weighted by Crippen LogP contribution is -2.58. The first-order valence-corrected chi connectivity index (χ1v) is 29.0. The molecule has 0 unspecified atom stereocenters.